The highest BCUT2D eigenvalue weighted by Gasteiger charge is 2.20. The molecule has 1 N–H and O–H groups in total. The second-order valence-electron chi connectivity index (χ2n) is 8.05. The van der Waals surface area contributed by atoms with E-state index < -0.39 is 0 Å². The van der Waals surface area contributed by atoms with Crippen LogP contribution in [0.25, 0.3) is 0 Å². The van der Waals surface area contributed by atoms with Gasteiger partial charge in [0.25, 0.3) is 5.91 Å². The molecule has 0 aliphatic carbocycles. The Labute approximate surface area is 177 Å². The fraction of sp³-hybridized carbons (Fsp3) is 0.435. The molecule has 2 amide bonds. The third-order valence-corrected chi connectivity index (χ3v) is 5.85. The Hall–Kier alpha value is -2.93. The third kappa shape index (κ3) is 4.79. The molecule has 3 heterocycles. The number of pyridine rings is 1. The van der Waals surface area contributed by atoms with Gasteiger partial charge in [0, 0.05) is 63.1 Å². The lowest BCUT2D eigenvalue weighted by atomic mass is 10.1. The molecule has 0 atom stereocenters. The van der Waals surface area contributed by atoms with Gasteiger partial charge in [-0.1, -0.05) is 6.07 Å². The van der Waals surface area contributed by atoms with Gasteiger partial charge in [0.05, 0.1) is 0 Å². The summed E-state index contributed by atoms with van der Waals surface area (Å²) < 4.78 is 0. The first-order chi connectivity index (χ1) is 14.6. The van der Waals surface area contributed by atoms with Crippen LogP contribution in [0.1, 0.15) is 35.2 Å². The topological polar surface area (TPSA) is 68.8 Å². The first-order valence-corrected chi connectivity index (χ1v) is 10.7. The molecular weight excluding hydrogens is 378 g/mol. The van der Waals surface area contributed by atoms with Crippen LogP contribution in [0.5, 0.6) is 0 Å². The Morgan fingerprint density at radius 3 is 2.43 bits per heavy atom. The number of nitrogens with zero attached hydrogens (tertiary/aromatic N) is 4. The Bertz CT molecular complexity index is 873. The van der Waals surface area contributed by atoms with Gasteiger partial charge in [-0.3, -0.25) is 9.59 Å². The van der Waals surface area contributed by atoms with Crippen LogP contribution in [-0.4, -0.2) is 61.5 Å². The molecule has 1 aromatic heterocycles. The predicted octanol–water partition coefficient (Wildman–Crippen LogP) is 2.28. The number of nitrogens with one attached hydrogen (secondary N) is 1. The highest BCUT2D eigenvalue weighted by molar-refractivity contribution is 5.96. The highest BCUT2D eigenvalue weighted by atomic mass is 16.2. The van der Waals surface area contributed by atoms with Crippen molar-refractivity contribution in [3.05, 3.63) is 53.7 Å². The molecule has 0 unspecified atom stereocenters. The maximum Gasteiger partial charge on any atom is 0.251 e. The van der Waals surface area contributed by atoms with Crippen LogP contribution in [0.15, 0.2) is 42.6 Å². The van der Waals surface area contributed by atoms with E-state index in [4.69, 9.17) is 0 Å². The summed E-state index contributed by atoms with van der Waals surface area (Å²) in [5.74, 6) is 1.02. The number of hydrogen-bond donors (Lipinski definition) is 1. The van der Waals surface area contributed by atoms with Crippen LogP contribution in [0, 0.1) is 0 Å². The standard InChI is InChI=1S/C23H29N5O2/c1-26-12-14-27(15-13-26)21-10-5-18(16-24-21)17-25-23(30)19-6-8-20(9-7-19)28-11-3-2-4-22(28)29/h5-10,16H,2-4,11-15,17H2,1H3,(H,25,30). The number of carbonyl (C=O) groups excluding carboxylic acids is 2. The number of carbonyl (C=O) groups is 2. The average molecular weight is 408 g/mol. The van der Waals surface area contributed by atoms with E-state index >= 15 is 0 Å². The summed E-state index contributed by atoms with van der Waals surface area (Å²) >= 11 is 0. The van der Waals surface area contributed by atoms with Crippen molar-refractivity contribution in [1.82, 2.24) is 15.2 Å². The van der Waals surface area contributed by atoms with Crippen molar-refractivity contribution >= 4 is 23.3 Å². The van der Waals surface area contributed by atoms with Gasteiger partial charge in [-0.25, -0.2) is 4.98 Å². The lowest BCUT2D eigenvalue weighted by Gasteiger charge is -2.33. The second-order valence-corrected chi connectivity index (χ2v) is 8.05. The van der Waals surface area contributed by atoms with Crippen molar-refractivity contribution in [3.8, 4) is 0 Å². The predicted molar refractivity (Wildman–Crippen MR) is 118 cm³/mol. The highest BCUT2D eigenvalue weighted by Crippen LogP contribution is 2.21. The molecule has 0 saturated carbocycles. The van der Waals surface area contributed by atoms with Gasteiger partial charge in [0.15, 0.2) is 0 Å². The molecule has 0 radical (unpaired) electrons. The number of aromatic nitrogens is 1. The smallest absolute Gasteiger partial charge is 0.251 e. The minimum Gasteiger partial charge on any atom is -0.354 e. The van der Waals surface area contributed by atoms with E-state index in [0.717, 1.165) is 62.6 Å². The zero-order valence-electron chi connectivity index (χ0n) is 17.5. The summed E-state index contributed by atoms with van der Waals surface area (Å²) in [6.45, 7) is 5.24. The van der Waals surface area contributed by atoms with E-state index in [9.17, 15) is 9.59 Å². The second kappa shape index (κ2) is 9.26. The number of hydrogen-bond acceptors (Lipinski definition) is 5. The number of likely N-dealkylation sites (N-methyl/N-ethyl adjacent to an activating group) is 1. The van der Waals surface area contributed by atoms with Crippen molar-refractivity contribution in [3.63, 3.8) is 0 Å². The molecular formula is C23H29N5O2. The summed E-state index contributed by atoms with van der Waals surface area (Å²) in [6.07, 6.45) is 4.42. The van der Waals surface area contributed by atoms with Gasteiger partial charge < -0.3 is 20.0 Å². The van der Waals surface area contributed by atoms with E-state index in [1.54, 1.807) is 17.0 Å². The first kappa shape index (κ1) is 20.3. The quantitative estimate of drug-likeness (QED) is 0.824. The summed E-state index contributed by atoms with van der Waals surface area (Å²) in [4.78, 5) is 35.5. The van der Waals surface area contributed by atoms with E-state index in [0.29, 0.717) is 18.5 Å². The average Bonchev–Trinajstić information content (AvgIpc) is 2.79. The number of rotatable bonds is 5. The Morgan fingerprint density at radius 1 is 1.00 bits per heavy atom. The lowest BCUT2D eigenvalue weighted by molar-refractivity contribution is -0.119. The van der Waals surface area contributed by atoms with E-state index in [1.165, 1.54) is 0 Å². The number of amides is 2. The van der Waals surface area contributed by atoms with Gasteiger partial charge in [0.1, 0.15) is 5.82 Å². The van der Waals surface area contributed by atoms with E-state index in [1.807, 2.05) is 30.5 Å². The summed E-state index contributed by atoms with van der Waals surface area (Å²) in [5.41, 5.74) is 2.42. The number of anilines is 2. The SMILES string of the molecule is CN1CCN(c2ccc(CNC(=O)c3ccc(N4CCCCC4=O)cc3)cn2)CC1. The van der Waals surface area contributed by atoms with Crippen LogP contribution >= 0.6 is 0 Å². The molecule has 2 aliphatic rings. The van der Waals surface area contributed by atoms with Crippen LogP contribution in [0.2, 0.25) is 0 Å². The van der Waals surface area contributed by atoms with Gasteiger partial charge in [-0.05, 0) is 55.8 Å². The fourth-order valence-corrected chi connectivity index (χ4v) is 3.90. The first-order valence-electron chi connectivity index (χ1n) is 10.7. The zero-order chi connectivity index (χ0) is 20.9. The van der Waals surface area contributed by atoms with Crippen molar-refractivity contribution in [2.75, 3.05) is 49.6 Å². The molecule has 2 saturated heterocycles. The van der Waals surface area contributed by atoms with E-state index in [2.05, 4.69) is 27.1 Å². The number of piperidine rings is 1. The normalized spacial score (nSPS) is 17.8. The minimum absolute atomic E-state index is 0.130. The zero-order valence-corrected chi connectivity index (χ0v) is 17.5. The monoisotopic (exact) mass is 407 g/mol. The third-order valence-electron chi connectivity index (χ3n) is 5.85. The molecule has 158 valence electrons. The van der Waals surface area contributed by atoms with Crippen molar-refractivity contribution < 1.29 is 9.59 Å². The lowest BCUT2D eigenvalue weighted by Crippen LogP contribution is -2.44. The van der Waals surface area contributed by atoms with Crippen LogP contribution in [0.4, 0.5) is 11.5 Å². The Morgan fingerprint density at radius 2 is 1.77 bits per heavy atom. The van der Waals surface area contributed by atoms with Crippen LogP contribution in [-0.2, 0) is 11.3 Å². The van der Waals surface area contributed by atoms with Crippen molar-refractivity contribution in [2.45, 2.75) is 25.8 Å². The van der Waals surface area contributed by atoms with Crippen molar-refractivity contribution in [1.29, 1.82) is 0 Å². The van der Waals surface area contributed by atoms with Gasteiger partial charge in [0.2, 0.25) is 5.91 Å². The fourth-order valence-electron chi connectivity index (χ4n) is 3.90. The largest absolute Gasteiger partial charge is 0.354 e. The molecule has 4 rings (SSSR count). The molecule has 30 heavy (non-hydrogen) atoms. The van der Waals surface area contributed by atoms with Gasteiger partial charge in [-0.2, -0.15) is 0 Å². The molecule has 0 bridgehead atoms. The Balaban J connectivity index is 1.30. The van der Waals surface area contributed by atoms with Crippen LogP contribution < -0.4 is 15.1 Å². The van der Waals surface area contributed by atoms with Crippen LogP contribution in [0.3, 0.4) is 0 Å². The minimum atomic E-state index is -0.130. The van der Waals surface area contributed by atoms with Gasteiger partial charge in [-0.15, -0.1) is 0 Å². The molecule has 1 aromatic carbocycles. The van der Waals surface area contributed by atoms with Crippen molar-refractivity contribution in [2.24, 2.45) is 0 Å². The molecule has 7 nitrogen and oxygen atoms in total. The Kier molecular flexibility index (Phi) is 6.28. The molecule has 0 spiro atoms. The molecule has 2 aliphatic heterocycles. The maximum absolute atomic E-state index is 12.5. The van der Waals surface area contributed by atoms with E-state index in [-0.39, 0.29) is 11.8 Å². The maximum atomic E-state index is 12.5. The number of benzene rings is 1. The molecule has 7 heteroatoms. The molecule has 2 fully saturated rings. The summed E-state index contributed by atoms with van der Waals surface area (Å²) in [6, 6.07) is 11.3. The summed E-state index contributed by atoms with van der Waals surface area (Å²) in [5, 5.41) is 2.95. The number of piperazine rings is 1. The summed E-state index contributed by atoms with van der Waals surface area (Å²) in [7, 11) is 2.14. The molecule has 2 aromatic rings. The van der Waals surface area contributed by atoms with Gasteiger partial charge >= 0.3 is 0 Å².